The highest BCUT2D eigenvalue weighted by Gasteiger charge is 2.23. The van der Waals surface area contributed by atoms with Gasteiger partial charge in [0.05, 0.1) is 54.5 Å². The van der Waals surface area contributed by atoms with Crippen LogP contribution in [0.15, 0.2) is 71.8 Å². The van der Waals surface area contributed by atoms with Gasteiger partial charge in [-0.2, -0.15) is 0 Å². The fourth-order valence-corrected chi connectivity index (χ4v) is 6.40. The molecule has 0 fully saturated rings. The van der Waals surface area contributed by atoms with Gasteiger partial charge in [-0.3, -0.25) is 18.9 Å². The second-order valence-electron chi connectivity index (χ2n) is 9.97. The molecule has 1 amide bonds. The lowest BCUT2D eigenvalue weighted by Crippen LogP contribution is -2.32. The van der Waals surface area contributed by atoms with Crippen LogP contribution in [0.1, 0.15) is 30.5 Å². The van der Waals surface area contributed by atoms with Crippen LogP contribution in [-0.4, -0.2) is 44.2 Å². The third-order valence-corrected chi connectivity index (χ3v) is 8.28. The summed E-state index contributed by atoms with van der Waals surface area (Å²) in [5.41, 5.74) is 2.75. The van der Waals surface area contributed by atoms with Crippen molar-refractivity contribution in [2.24, 2.45) is 0 Å². The molecule has 0 saturated heterocycles. The van der Waals surface area contributed by atoms with E-state index in [-0.39, 0.29) is 12.0 Å². The number of methoxy groups -OCH3 is 1. The number of sulfonamides is 1. The van der Waals surface area contributed by atoms with Crippen molar-refractivity contribution in [1.82, 2.24) is 14.3 Å². The molecule has 0 aliphatic heterocycles. The molecule has 2 aromatic heterocycles. The van der Waals surface area contributed by atoms with Crippen LogP contribution >= 0.6 is 0 Å². The van der Waals surface area contributed by atoms with Gasteiger partial charge < -0.3 is 19.2 Å². The van der Waals surface area contributed by atoms with E-state index in [0.717, 1.165) is 10.9 Å². The van der Waals surface area contributed by atoms with Crippen molar-refractivity contribution < 1.29 is 27.4 Å². The summed E-state index contributed by atoms with van der Waals surface area (Å²) in [6.45, 7) is 6.31. The van der Waals surface area contributed by atoms with E-state index in [0.29, 0.717) is 63.6 Å². The number of nitrogens with one attached hydrogen (secondary N) is 2. The first-order valence-corrected chi connectivity index (χ1v) is 15.5. The molecule has 0 saturated carbocycles. The minimum Gasteiger partial charge on any atom is -0.496 e. The Kier molecular flexibility index (Phi) is 8.45. The number of hydrogen-bond acceptors (Lipinski definition) is 7. The van der Waals surface area contributed by atoms with Crippen molar-refractivity contribution in [1.29, 1.82) is 0 Å². The second kappa shape index (κ2) is 12.2. The molecule has 0 unspecified atom stereocenters. The number of para-hydroxylation sites is 1. The summed E-state index contributed by atoms with van der Waals surface area (Å²) >= 11 is 0. The van der Waals surface area contributed by atoms with Crippen LogP contribution in [0.25, 0.3) is 27.4 Å². The van der Waals surface area contributed by atoms with Crippen LogP contribution < -0.4 is 24.5 Å². The Morgan fingerprint density at radius 2 is 1.72 bits per heavy atom. The van der Waals surface area contributed by atoms with Gasteiger partial charge in [-0.05, 0) is 56.2 Å². The summed E-state index contributed by atoms with van der Waals surface area (Å²) in [6.07, 6.45) is 3.37. The van der Waals surface area contributed by atoms with Crippen LogP contribution in [0.4, 0.5) is 0 Å². The summed E-state index contributed by atoms with van der Waals surface area (Å²) in [7, 11) is -2.50. The van der Waals surface area contributed by atoms with E-state index in [1.54, 1.807) is 61.8 Å². The maximum atomic E-state index is 13.9. The van der Waals surface area contributed by atoms with E-state index in [1.165, 1.54) is 11.7 Å². The zero-order valence-electron chi connectivity index (χ0n) is 24.4. The number of carbonyl (C=O) groups is 1. The number of benzene rings is 3. The maximum absolute atomic E-state index is 13.9. The van der Waals surface area contributed by atoms with Crippen molar-refractivity contribution in [2.45, 2.75) is 32.9 Å². The van der Waals surface area contributed by atoms with Crippen molar-refractivity contribution >= 4 is 37.6 Å². The highest BCUT2D eigenvalue weighted by Crippen LogP contribution is 2.41. The molecule has 0 bridgehead atoms. The van der Waals surface area contributed by atoms with E-state index in [2.05, 4.69) is 9.71 Å². The lowest BCUT2D eigenvalue weighted by molar-refractivity contribution is -0.118. The highest BCUT2D eigenvalue weighted by atomic mass is 32.2. The molecule has 10 nitrogen and oxygen atoms in total. The molecule has 224 valence electrons. The molecule has 0 aliphatic rings. The van der Waals surface area contributed by atoms with E-state index < -0.39 is 21.7 Å². The first-order chi connectivity index (χ1) is 20.7. The molecule has 3 aromatic carbocycles. The minimum atomic E-state index is -3.99. The number of amides is 1. The number of carbonyl (C=O) groups excluding carboxylic acids is 1. The van der Waals surface area contributed by atoms with E-state index in [4.69, 9.17) is 14.2 Å². The topological polar surface area (TPSA) is 129 Å². The average Bonchev–Trinajstić information content (AvgIpc) is 3.31. The fourth-order valence-electron chi connectivity index (χ4n) is 5.29. The van der Waals surface area contributed by atoms with Gasteiger partial charge in [0.15, 0.2) is 5.75 Å². The first kappa shape index (κ1) is 29.7. The molecule has 11 heteroatoms. The number of pyridine rings is 1. The number of nitrogens with zero attached hydrogens (tertiary/aromatic N) is 1. The number of aromatic amines is 1. The molecule has 0 radical (unpaired) electrons. The Morgan fingerprint density at radius 1 is 0.977 bits per heavy atom. The van der Waals surface area contributed by atoms with Crippen molar-refractivity contribution in [3.05, 3.63) is 94.0 Å². The van der Waals surface area contributed by atoms with Crippen LogP contribution in [0.3, 0.4) is 0 Å². The van der Waals surface area contributed by atoms with Crippen molar-refractivity contribution in [3.63, 3.8) is 0 Å². The molecule has 2 N–H and O–H groups in total. The van der Waals surface area contributed by atoms with Crippen LogP contribution in [-0.2, 0) is 27.0 Å². The summed E-state index contributed by atoms with van der Waals surface area (Å²) < 4.78 is 46.6. The molecule has 2 heterocycles. The van der Waals surface area contributed by atoms with E-state index in [9.17, 15) is 18.0 Å². The zero-order chi connectivity index (χ0) is 30.7. The standard InChI is InChI=1S/C32H33N3O7S/c1-5-41-30-23-11-9-15-33-29(23)31(42-6-2)24-18-35(32(37)28(24)30)25-14-13-21(16-20(25)3)19-43(38,39)34-27(36)17-22-10-7-8-12-26(22)40-4/h7-16,18,33H,5-6,17,19H2,1-4H3,(H,34,36). The molecule has 0 spiro atoms. The number of aryl methyl sites for hydroxylation is 1. The Balaban J connectivity index is 1.47. The normalized spacial score (nSPS) is 11.5. The largest absolute Gasteiger partial charge is 0.496 e. The molecule has 43 heavy (non-hydrogen) atoms. The molecule has 5 rings (SSSR count). The zero-order valence-corrected chi connectivity index (χ0v) is 25.2. The summed E-state index contributed by atoms with van der Waals surface area (Å²) in [6, 6.07) is 15.7. The third-order valence-electron chi connectivity index (χ3n) is 7.03. The van der Waals surface area contributed by atoms with Crippen molar-refractivity contribution in [2.75, 3.05) is 20.3 Å². The van der Waals surface area contributed by atoms with Crippen LogP contribution in [0.5, 0.6) is 17.2 Å². The third kappa shape index (κ3) is 5.94. The van der Waals surface area contributed by atoms with Gasteiger partial charge in [0.1, 0.15) is 11.5 Å². The van der Waals surface area contributed by atoms with Gasteiger partial charge in [-0.15, -0.1) is 0 Å². The molecular weight excluding hydrogens is 570 g/mol. The van der Waals surface area contributed by atoms with Crippen molar-refractivity contribution in [3.8, 4) is 22.9 Å². The molecule has 0 atom stereocenters. The predicted octanol–water partition coefficient (Wildman–Crippen LogP) is 4.78. The highest BCUT2D eigenvalue weighted by molar-refractivity contribution is 7.89. The number of fused-ring (bicyclic) bond motifs is 2. The Morgan fingerprint density at radius 3 is 2.44 bits per heavy atom. The minimum absolute atomic E-state index is 0.144. The Labute approximate surface area is 249 Å². The second-order valence-corrected chi connectivity index (χ2v) is 11.7. The summed E-state index contributed by atoms with van der Waals surface area (Å²) in [4.78, 5) is 29.6. The number of hydrogen-bond donors (Lipinski definition) is 2. The lowest BCUT2D eigenvalue weighted by Gasteiger charge is -2.13. The smallest absolute Gasteiger partial charge is 0.266 e. The average molecular weight is 604 g/mol. The van der Waals surface area contributed by atoms with Crippen LogP contribution in [0, 0.1) is 6.92 Å². The quantitative estimate of drug-likeness (QED) is 0.222. The molecule has 0 aliphatic carbocycles. The van der Waals surface area contributed by atoms with Gasteiger partial charge in [0.2, 0.25) is 15.9 Å². The maximum Gasteiger partial charge on any atom is 0.266 e. The monoisotopic (exact) mass is 603 g/mol. The Bertz CT molecular complexity index is 1990. The summed E-state index contributed by atoms with van der Waals surface area (Å²) in [5, 5.41) is 1.75. The first-order valence-electron chi connectivity index (χ1n) is 13.9. The molecule has 5 aromatic rings. The summed E-state index contributed by atoms with van der Waals surface area (Å²) in [5.74, 6) is 0.461. The van der Waals surface area contributed by atoms with Gasteiger partial charge >= 0.3 is 0 Å². The van der Waals surface area contributed by atoms with Gasteiger partial charge in [0.25, 0.3) is 5.56 Å². The Hall–Kier alpha value is -4.77. The van der Waals surface area contributed by atoms with E-state index in [1.807, 2.05) is 26.0 Å². The predicted molar refractivity (Wildman–Crippen MR) is 166 cm³/mol. The molecular formula is C32H33N3O7S. The fraction of sp³-hybridized carbons (Fsp3) is 0.250. The SMILES string of the molecule is CCOc1c2cn(-c3ccc(CS(=O)(=O)NC(=O)Cc4ccccc4OC)cc3C)c(=O)c2c(OCC)c2ccc[nH]c12. The van der Waals surface area contributed by atoms with Gasteiger partial charge in [0, 0.05) is 23.3 Å². The number of aromatic nitrogens is 2. The van der Waals surface area contributed by atoms with Crippen LogP contribution in [0.2, 0.25) is 0 Å². The number of rotatable bonds is 11. The number of ether oxygens (including phenoxy) is 3. The lowest BCUT2D eigenvalue weighted by atomic mass is 10.1. The van der Waals surface area contributed by atoms with Gasteiger partial charge in [-0.25, -0.2) is 8.42 Å². The van der Waals surface area contributed by atoms with Gasteiger partial charge in [-0.1, -0.05) is 30.3 Å². The number of H-pyrrole nitrogens is 1. The van der Waals surface area contributed by atoms with E-state index >= 15 is 0 Å².